The van der Waals surface area contributed by atoms with E-state index in [9.17, 15) is 0 Å². The lowest BCUT2D eigenvalue weighted by Gasteiger charge is -2.28. The number of nitrogens with zero attached hydrogens (tertiary/aromatic N) is 3. The highest BCUT2D eigenvalue weighted by atomic mass is 35.5. The first-order chi connectivity index (χ1) is 14.5. The molecule has 0 bridgehead atoms. The van der Waals surface area contributed by atoms with Crippen molar-refractivity contribution in [1.82, 2.24) is 19.9 Å². The third-order valence-corrected chi connectivity index (χ3v) is 6.73. The standard InChI is InChI=1S/C23H28Cl2N4O/c1-15-18(24)6-7-20-22(15)28-23(27-20)17-13-21(26-14-19(17)25)30-12-4-3-5-16-8-10-29(2)11-9-16/h6-7,13-14,16H,3-5,8-12H2,1-2H3,(H,27,28). The fourth-order valence-corrected chi connectivity index (χ4v) is 4.40. The molecule has 0 spiro atoms. The van der Waals surface area contributed by atoms with Crippen LogP contribution in [0.4, 0.5) is 0 Å². The van der Waals surface area contributed by atoms with E-state index in [0.717, 1.165) is 34.5 Å². The van der Waals surface area contributed by atoms with Crippen LogP contribution in [0.25, 0.3) is 22.4 Å². The average Bonchev–Trinajstić information content (AvgIpc) is 3.18. The van der Waals surface area contributed by atoms with Crippen molar-refractivity contribution >= 4 is 34.2 Å². The van der Waals surface area contributed by atoms with E-state index in [1.54, 1.807) is 6.20 Å². The van der Waals surface area contributed by atoms with E-state index in [-0.39, 0.29) is 0 Å². The Balaban J connectivity index is 1.36. The number of imidazole rings is 1. The molecule has 0 atom stereocenters. The van der Waals surface area contributed by atoms with Gasteiger partial charge >= 0.3 is 0 Å². The number of hydrogen-bond acceptors (Lipinski definition) is 4. The predicted octanol–water partition coefficient (Wildman–Crippen LogP) is 6.13. The summed E-state index contributed by atoms with van der Waals surface area (Å²) in [7, 11) is 2.21. The predicted molar refractivity (Wildman–Crippen MR) is 124 cm³/mol. The third-order valence-electron chi connectivity index (χ3n) is 6.02. The topological polar surface area (TPSA) is 54.0 Å². The summed E-state index contributed by atoms with van der Waals surface area (Å²) in [6.07, 6.45) is 7.78. The Bertz CT molecular complexity index is 1010. The molecule has 30 heavy (non-hydrogen) atoms. The number of fused-ring (bicyclic) bond motifs is 1. The van der Waals surface area contributed by atoms with Crippen LogP contribution < -0.4 is 4.74 Å². The highest BCUT2D eigenvalue weighted by Crippen LogP contribution is 2.32. The highest BCUT2D eigenvalue weighted by molar-refractivity contribution is 6.33. The molecule has 7 heteroatoms. The summed E-state index contributed by atoms with van der Waals surface area (Å²) < 4.78 is 5.91. The second-order valence-electron chi connectivity index (χ2n) is 8.25. The van der Waals surface area contributed by atoms with Gasteiger partial charge in [0, 0.05) is 16.7 Å². The van der Waals surface area contributed by atoms with Crippen LogP contribution >= 0.6 is 23.2 Å². The van der Waals surface area contributed by atoms with Crippen LogP contribution in [0, 0.1) is 12.8 Å². The fraction of sp³-hybridized carbons (Fsp3) is 0.478. The van der Waals surface area contributed by atoms with Gasteiger partial charge in [0.1, 0.15) is 5.82 Å². The molecule has 0 amide bonds. The normalized spacial score (nSPS) is 15.7. The van der Waals surface area contributed by atoms with Crippen LogP contribution in [0.1, 0.15) is 37.7 Å². The van der Waals surface area contributed by atoms with Crippen molar-refractivity contribution in [3.05, 3.63) is 40.0 Å². The van der Waals surface area contributed by atoms with E-state index >= 15 is 0 Å². The minimum atomic E-state index is 0.535. The quantitative estimate of drug-likeness (QED) is 0.443. The maximum Gasteiger partial charge on any atom is 0.214 e. The number of piperidine rings is 1. The molecule has 1 aliphatic heterocycles. The zero-order chi connectivity index (χ0) is 21.1. The van der Waals surface area contributed by atoms with Crippen LogP contribution in [-0.2, 0) is 0 Å². The molecule has 3 aromatic rings. The van der Waals surface area contributed by atoms with E-state index in [1.807, 2.05) is 25.1 Å². The second-order valence-corrected chi connectivity index (χ2v) is 9.06. The Kier molecular flexibility index (Phi) is 6.81. The molecular formula is C23H28Cl2N4O. The number of likely N-dealkylation sites (tertiary alicyclic amines) is 1. The number of aryl methyl sites for hydroxylation is 1. The van der Waals surface area contributed by atoms with Crippen LogP contribution in [0.2, 0.25) is 10.0 Å². The Morgan fingerprint density at radius 3 is 2.77 bits per heavy atom. The van der Waals surface area contributed by atoms with Crippen molar-refractivity contribution in [1.29, 1.82) is 0 Å². The van der Waals surface area contributed by atoms with E-state index in [1.165, 1.54) is 38.8 Å². The molecule has 0 unspecified atom stereocenters. The van der Waals surface area contributed by atoms with Crippen LogP contribution in [-0.4, -0.2) is 46.6 Å². The Morgan fingerprint density at radius 1 is 1.17 bits per heavy atom. The molecule has 3 heterocycles. The number of halogens is 2. The number of pyridine rings is 1. The molecular weight excluding hydrogens is 419 g/mol. The SMILES string of the molecule is Cc1c(Cl)ccc2[nH]c(-c3cc(OCCCCC4CCN(C)CC4)ncc3Cl)nc12. The van der Waals surface area contributed by atoms with Crippen LogP contribution in [0.15, 0.2) is 24.4 Å². The number of aromatic nitrogens is 3. The molecule has 160 valence electrons. The van der Waals surface area contributed by atoms with Gasteiger partial charge in [-0.15, -0.1) is 0 Å². The summed E-state index contributed by atoms with van der Waals surface area (Å²) in [5.74, 6) is 2.13. The monoisotopic (exact) mass is 446 g/mol. The van der Waals surface area contributed by atoms with Gasteiger partial charge in [-0.1, -0.05) is 29.6 Å². The fourth-order valence-electron chi connectivity index (χ4n) is 4.06. The second kappa shape index (κ2) is 9.54. The number of hydrogen-bond donors (Lipinski definition) is 1. The molecule has 2 aromatic heterocycles. The number of aromatic amines is 1. The molecule has 1 N–H and O–H groups in total. The molecule has 1 aromatic carbocycles. The summed E-state index contributed by atoms with van der Waals surface area (Å²) in [6, 6.07) is 5.65. The number of ether oxygens (including phenoxy) is 1. The summed E-state index contributed by atoms with van der Waals surface area (Å²) in [5, 5.41) is 1.23. The zero-order valence-electron chi connectivity index (χ0n) is 17.5. The molecule has 0 saturated carbocycles. The Hall–Kier alpha value is -1.82. The minimum absolute atomic E-state index is 0.535. The smallest absolute Gasteiger partial charge is 0.214 e. The highest BCUT2D eigenvalue weighted by Gasteiger charge is 2.16. The third kappa shape index (κ3) is 4.90. The zero-order valence-corrected chi connectivity index (χ0v) is 19.1. The van der Waals surface area contributed by atoms with Gasteiger partial charge in [-0.2, -0.15) is 0 Å². The molecule has 0 radical (unpaired) electrons. The molecule has 5 nitrogen and oxygen atoms in total. The van der Waals surface area contributed by atoms with Crippen LogP contribution in [0.3, 0.4) is 0 Å². The van der Waals surface area contributed by atoms with Crippen molar-refractivity contribution < 1.29 is 4.74 Å². The Labute approximate surface area is 187 Å². The molecule has 1 aliphatic rings. The lowest BCUT2D eigenvalue weighted by Crippen LogP contribution is -2.30. The van der Waals surface area contributed by atoms with Gasteiger partial charge in [-0.25, -0.2) is 9.97 Å². The van der Waals surface area contributed by atoms with Gasteiger partial charge in [-0.3, -0.25) is 0 Å². The molecule has 4 rings (SSSR count). The van der Waals surface area contributed by atoms with E-state index in [4.69, 9.17) is 32.9 Å². The van der Waals surface area contributed by atoms with Gasteiger partial charge in [0.25, 0.3) is 0 Å². The van der Waals surface area contributed by atoms with Crippen LogP contribution in [0.5, 0.6) is 5.88 Å². The maximum atomic E-state index is 6.40. The molecule has 1 saturated heterocycles. The first-order valence-electron chi connectivity index (χ1n) is 10.6. The summed E-state index contributed by atoms with van der Waals surface area (Å²) >= 11 is 12.6. The van der Waals surface area contributed by atoms with Crippen molar-refractivity contribution in [3.63, 3.8) is 0 Å². The minimum Gasteiger partial charge on any atom is -0.478 e. The largest absolute Gasteiger partial charge is 0.478 e. The number of rotatable bonds is 7. The number of unbranched alkanes of at least 4 members (excludes halogenated alkanes) is 1. The molecule has 0 aliphatic carbocycles. The number of H-pyrrole nitrogens is 1. The van der Waals surface area contributed by atoms with Gasteiger partial charge in [0.2, 0.25) is 5.88 Å². The van der Waals surface area contributed by atoms with Gasteiger partial charge < -0.3 is 14.6 Å². The van der Waals surface area contributed by atoms with E-state index in [0.29, 0.717) is 28.4 Å². The molecule has 1 fully saturated rings. The lowest BCUT2D eigenvalue weighted by atomic mass is 9.92. The van der Waals surface area contributed by atoms with Gasteiger partial charge in [-0.05, 0) is 76.4 Å². The summed E-state index contributed by atoms with van der Waals surface area (Å²) in [4.78, 5) is 14.8. The average molecular weight is 447 g/mol. The Morgan fingerprint density at radius 2 is 1.97 bits per heavy atom. The van der Waals surface area contributed by atoms with Gasteiger partial charge in [0.05, 0.1) is 28.9 Å². The summed E-state index contributed by atoms with van der Waals surface area (Å²) in [6.45, 7) is 5.08. The number of nitrogens with one attached hydrogen (secondary N) is 1. The number of benzene rings is 1. The van der Waals surface area contributed by atoms with E-state index in [2.05, 4.69) is 21.9 Å². The lowest BCUT2D eigenvalue weighted by molar-refractivity contribution is 0.205. The first-order valence-corrected chi connectivity index (χ1v) is 11.4. The first kappa shape index (κ1) is 21.4. The van der Waals surface area contributed by atoms with Gasteiger partial charge in [0.15, 0.2) is 0 Å². The van der Waals surface area contributed by atoms with Crippen molar-refractivity contribution in [2.75, 3.05) is 26.7 Å². The van der Waals surface area contributed by atoms with E-state index < -0.39 is 0 Å². The van der Waals surface area contributed by atoms with Crippen molar-refractivity contribution in [3.8, 4) is 17.3 Å². The van der Waals surface area contributed by atoms with Crippen molar-refractivity contribution in [2.45, 2.75) is 39.0 Å². The van der Waals surface area contributed by atoms with Crippen molar-refractivity contribution in [2.24, 2.45) is 5.92 Å². The summed E-state index contributed by atoms with van der Waals surface area (Å²) in [5.41, 5.74) is 3.50. The maximum absolute atomic E-state index is 6.40.